The summed E-state index contributed by atoms with van der Waals surface area (Å²) >= 11 is 0. The molecule has 148 valence electrons. The number of hydrogen-bond donors (Lipinski definition) is 0. The minimum absolute atomic E-state index is 0.368. The van der Waals surface area contributed by atoms with E-state index in [-0.39, 0.29) is 0 Å². The molecule has 0 spiro atoms. The zero-order valence-corrected chi connectivity index (χ0v) is 18.3. The number of unbranched alkanes of at least 4 members (excludes halogenated alkanes) is 9. The van der Waals surface area contributed by atoms with Crippen LogP contribution in [0.4, 0.5) is 0 Å². The van der Waals surface area contributed by atoms with Crippen LogP contribution in [-0.2, 0) is 0 Å². The van der Waals surface area contributed by atoms with Gasteiger partial charge >= 0.3 is 0 Å². The molecule has 2 aliphatic rings. The standard InChI is InChI=1S/C24H47P/c1-2-3-4-5-6-7-8-9-10-17-22-25(23-18-13-11-14-19-23)24-20-15-12-16-21-24/h23-24H,2-22H2,1H3. The molecule has 0 amide bonds. The minimum Gasteiger partial charge on any atom is -0.100 e. The molecule has 0 atom stereocenters. The van der Waals surface area contributed by atoms with Crippen molar-refractivity contribution in [3.63, 3.8) is 0 Å². The second-order valence-electron chi connectivity index (χ2n) is 9.00. The fourth-order valence-corrected chi connectivity index (χ4v) is 9.24. The van der Waals surface area contributed by atoms with Gasteiger partial charge < -0.3 is 0 Å². The summed E-state index contributed by atoms with van der Waals surface area (Å²) in [6.45, 7) is 2.31. The molecule has 1 heteroatoms. The molecule has 0 aromatic heterocycles. The predicted octanol–water partition coefficient (Wildman–Crippen LogP) is 9.05. The number of hydrogen-bond acceptors (Lipinski definition) is 0. The molecule has 2 fully saturated rings. The average molecular weight is 367 g/mol. The van der Waals surface area contributed by atoms with Crippen LogP contribution in [0.2, 0.25) is 0 Å². The first-order valence-electron chi connectivity index (χ1n) is 12.2. The van der Waals surface area contributed by atoms with Crippen LogP contribution in [0.3, 0.4) is 0 Å². The first-order chi connectivity index (χ1) is 12.4. The molecule has 0 radical (unpaired) electrons. The monoisotopic (exact) mass is 366 g/mol. The van der Waals surface area contributed by atoms with Gasteiger partial charge in [-0.15, -0.1) is 7.92 Å². The lowest BCUT2D eigenvalue weighted by Gasteiger charge is -2.38. The van der Waals surface area contributed by atoms with E-state index in [1.807, 2.05) is 0 Å². The van der Waals surface area contributed by atoms with Gasteiger partial charge in [0.2, 0.25) is 0 Å². The van der Waals surface area contributed by atoms with Crippen LogP contribution in [0.1, 0.15) is 135 Å². The normalized spacial score (nSPS) is 20.4. The van der Waals surface area contributed by atoms with Gasteiger partial charge in [0, 0.05) is 0 Å². The lowest BCUT2D eigenvalue weighted by atomic mass is 9.99. The van der Waals surface area contributed by atoms with Crippen LogP contribution in [0.15, 0.2) is 0 Å². The van der Waals surface area contributed by atoms with Gasteiger partial charge in [-0.3, -0.25) is 0 Å². The van der Waals surface area contributed by atoms with Gasteiger partial charge in [-0.2, -0.15) is 0 Å². The molecule has 0 unspecified atom stereocenters. The van der Waals surface area contributed by atoms with Crippen molar-refractivity contribution in [3.8, 4) is 0 Å². The van der Waals surface area contributed by atoms with Gasteiger partial charge in [0.1, 0.15) is 0 Å². The molecule has 0 bridgehead atoms. The zero-order valence-electron chi connectivity index (χ0n) is 17.5. The maximum absolute atomic E-state index is 2.31. The largest absolute Gasteiger partial charge is 0.100 e. The van der Waals surface area contributed by atoms with Gasteiger partial charge in [-0.25, -0.2) is 0 Å². The van der Waals surface area contributed by atoms with Crippen LogP contribution in [0, 0.1) is 0 Å². The van der Waals surface area contributed by atoms with Crippen molar-refractivity contribution in [1.82, 2.24) is 0 Å². The fourth-order valence-electron chi connectivity index (χ4n) is 5.27. The van der Waals surface area contributed by atoms with E-state index < -0.39 is 0 Å². The van der Waals surface area contributed by atoms with Crippen molar-refractivity contribution in [2.45, 2.75) is 147 Å². The molecule has 2 saturated carbocycles. The third-order valence-electron chi connectivity index (χ3n) is 6.86. The summed E-state index contributed by atoms with van der Waals surface area (Å²) in [5, 5.41) is 0. The third-order valence-corrected chi connectivity index (χ3v) is 10.6. The second kappa shape index (κ2) is 14.5. The van der Waals surface area contributed by atoms with E-state index in [0.717, 1.165) is 0 Å². The van der Waals surface area contributed by atoms with Gasteiger partial charge in [0.25, 0.3) is 0 Å². The highest BCUT2D eigenvalue weighted by atomic mass is 31.1. The SMILES string of the molecule is CCCCCCCCCCCCP(C1CCCCC1)C1CCCCC1. The van der Waals surface area contributed by atoms with Crippen LogP contribution < -0.4 is 0 Å². The van der Waals surface area contributed by atoms with Gasteiger partial charge in [0.15, 0.2) is 0 Å². The first-order valence-corrected chi connectivity index (χ1v) is 13.8. The molecule has 0 nitrogen and oxygen atoms in total. The van der Waals surface area contributed by atoms with Crippen LogP contribution in [0.5, 0.6) is 0 Å². The predicted molar refractivity (Wildman–Crippen MR) is 117 cm³/mol. The molecule has 0 saturated heterocycles. The van der Waals surface area contributed by atoms with Crippen LogP contribution in [-0.4, -0.2) is 17.5 Å². The third kappa shape index (κ3) is 9.26. The Morgan fingerprint density at radius 2 is 0.920 bits per heavy atom. The Labute approximate surface area is 161 Å². The van der Waals surface area contributed by atoms with Crippen molar-refractivity contribution in [2.24, 2.45) is 0 Å². The maximum atomic E-state index is 2.31. The van der Waals surface area contributed by atoms with Gasteiger partial charge in [-0.1, -0.05) is 103 Å². The summed E-state index contributed by atoms with van der Waals surface area (Å²) in [6, 6.07) is 0. The Kier molecular flexibility index (Phi) is 12.6. The molecule has 0 heterocycles. The summed E-state index contributed by atoms with van der Waals surface area (Å²) in [5.74, 6) is 0. The Bertz CT molecular complexity index is 270. The molecule has 2 rings (SSSR count). The van der Waals surface area contributed by atoms with E-state index in [2.05, 4.69) is 6.92 Å². The van der Waals surface area contributed by atoms with Crippen molar-refractivity contribution >= 4 is 7.92 Å². The lowest BCUT2D eigenvalue weighted by molar-refractivity contribution is 0.483. The van der Waals surface area contributed by atoms with Gasteiger partial charge in [-0.05, 0) is 49.6 Å². The van der Waals surface area contributed by atoms with E-state index in [0.29, 0.717) is 7.92 Å². The minimum atomic E-state index is 0.368. The molecular weight excluding hydrogens is 319 g/mol. The molecule has 0 aromatic rings. The van der Waals surface area contributed by atoms with Gasteiger partial charge in [0.05, 0.1) is 0 Å². The smallest absolute Gasteiger partial charge is 0.0207 e. The van der Waals surface area contributed by atoms with Crippen LogP contribution in [0.25, 0.3) is 0 Å². The molecule has 0 aromatic carbocycles. The highest BCUT2D eigenvalue weighted by Gasteiger charge is 2.30. The second-order valence-corrected chi connectivity index (χ2v) is 11.9. The van der Waals surface area contributed by atoms with E-state index in [1.54, 1.807) is 63.9 Å². The Morgan fingerprint density at radius 3 is 1.36 bits per heavy atom. The van der Waals surface area contributed by atoms with Crippen LogP contribution >= 0.6 is 7.92 Å². The summed E-state index contributed by atoms with van der Waals surface area (Å²) in [5.41, 5.74) is 2.34. The van der Waals surface area contributed by atoms with Crippen molar-refractivity contribution in [3.05, 3.63) is 0 Å². The van der Waals surface area contributed by atoms with E-state index in [9.17, 15) is 0 Å². The summed E-state index contributed by atoms with van der Waals surface area (Å²) < 4.78 is 0. The molecule has 0 aliphatic heterocycles. The highest BCUT2D eigenvalue weighted by Crippen LogP contribution is 2.56. The van der Waals surface area contributed by atoms with E-state index in [4.69, 9.17) is 0 Å². The van der Waals surface area contributed by atoms with Crippen molar-refractivity contribution in [1.29, 1.82) is 0 Å². The highest BCUT2D eigenvalue weighted by molar-refractivity contribution is 7.59. The topological polar surface area (TPSA) is 0 Å². The molecule has 2 aliphatic carbocycles. The van der Waals surface area contributed by atoms with Crippen molar-refractivity contribution < 1.29 is 0 Å². The van der Waals surface area contributed by atoms with E-state index in [1.165, 1.54) is 81.9 Å². The number of rotatable bonds is 13. The Hall–Kier alpha value is 0.430. The summed E-state index contributed by atoms with van der Waals surface area (Å²) in [7, 11) is 0.368. The Balaban J connectivity index is 1.57. The Morgan fingerprint density at radius 1 is 0.520 bits per heavy atom. The van der Waals surface area contributed by atoms with Crippen molar-refractivity contribution in [2.75, 3.05) is 6.16 Å². The summed E-state index contributed by atoms with van der Waals surface area (Å²) in [4.78, 5) is 0. The molecule has 25 heavy (non-hydrogen) atoms. The first kappa shape index (κ1) is 21.7. The molecule has 0 N–H and O–H groups in total. The summed E-state index contributed by atoms with van der Waals surface area (Å²) in [6.07, 6.45) is 32.2. The fraction of sp³-hybridized carbons (Fsp3) is 1.00. The quantitative estimate of drug-likeness (QED) is 0.225. The lowest BCUT2D eigenvalue weighted by Crippen LogP contribution is -2.22. The van der Waals surface area contributed by atoms with E-state index >= 15 is 0 Å². The maximum Gasteiger partial charge on any atom is -0.0207 e. The molecular formula is C24H47P. The zero-order chi connectivity index (χ0) is 17.6. The average Bonchev–Trinajstić information content (AvgIpc) is 2.67.